The van der Waals surface area contributed by atoms with Crippen LogP contribution in [0.3, 0.4) is 0 Å². The molecule has 0 saturated carbocycles. The summed E-state index contributed by atoms with van der Waals surface area (Å²) in [6.45, 7) is 6.60. The van der Waals surface area contributed by atoms with E-state index in [2.05, 4.69) is 24.9 Å². The first kappa shape index (κ1) is 18.9. The average molecular weight is 392 g/mol. The van der Waals surface area contributed by atoms with Crippen molar-refractivity contribution in [3.63, 3.8) is 0 Å². The van der Waals surface area contributed by atoms with E-state index in [1.165, 1.54) is 4.57 Å². The van der Waals surface area contributed by atoms with E-state index in [0.29, 0.717) is 23.7 Å². The zero-order chi connectivity index (χ0) is 20.7. The lowest BCUT2D eigenvalue weighted by Crippen LogP contribution is -2.29. The lowest BCUT2D eigenvalue weighted by molar-refractivity contribution is 0.686. The van der Waals surface area contributed by atoms with Gasteiger partial charge in [-0.3, -0.25) is 18.9 Å². The van der Waals surface area contributed by atoms with Gasteiger partial charge >= 0.3 is 5.69 Å². The third kappa shape index (κ3) is 3.10. The number of H-pyrrole nitrogens is 1. The van der Waals surface area contributed by atoms with E-state index in [4.69, 9.17) is 10.1 Å². The fourth-order valence-corrected chi connectivity index (χ4v) is 3.57. The highest BCUT2D eigenvalue weighted by Gasteiger charge is 2.21. The topological polar surface area (TPSA) is 90.5 Å². The highest BCUT2D eigenvalue weighted by molar-refractivity contribution is 5.72. The molecule has 4 rings (SSSR count). The first-order valence-corrected chi connectivity index (χ1v) is 9.76. The molecule has 0 atom stereocenters. The quantitative estimate of drug-likeness (QED) is 0.563. The molecule has 0 bridgehead atoms. The number of benzene rings is 1. The Bertz CT molecular complexity index is 1320. The van der Waals surface area contributed by atoms with Crippen LogP contribution < -0.4 is 11.2 Å². The normalized spacial score (nSPS) is 11.4. The number of rotatable bonds is 5. The summed E-state index contributed by atoms with van der Waals surface area (Å²) in [5, 5.41) is 4.71. The fourth-order valence-electron chi connectivity index (χ4n) is 3.57. The van der Waals surface area contributed by atoms with Crippen molar-refractivity contribution in [2.45, 2.75) is 40.2 Å². The number of aromatic amines is 1. The maximum Gasteiger partial charge on any atom is 0.329 e. The van der Waals surface area contributed by atoms with Gasteiger partial charge in [0.25, 0.3) is 5.56 Å². The minimum absolute atomic E-state index is 0.345. The fraction of sp³-hybridized carbons (Fsp3) is 0.333. The summed E-state index contributed by atoms with van der Waals surface area (Å²) in [5.41, 5.74) is 3.92. The molecule has 0 aliphatic rings. The number of hydrogen-bond donors (Lipinski definition) is 1. The van der Waals surface area contributed by atoms with Crippen molar-refractivity contribution in [1.82, 2.24) is 28.9 Å². The van der Waals surface area contributed by atoms with Gasteiger partial charge in [0.05, 0.1) is 12.2 Å². The van der Waals surface area contributed by atoms with Crippen LogP contribution in [0.25, 0.3) is 17.1 Å². The van der Waals surface area contributed by atoms with E-state index in [1.807, 2.05) is 35.8 Å². The molecule has 0 fully saturated rings. The van der Waals surface area contributed by atoms with Crippen LogP contribution in [-0.4, -0.2) is 28.9 Å². The van der Waals surface area contributed by atoms with Crippen LogP contribution in [0, 0.1) is 6.92 Å². The van der Waals surface area contributed by atoms with Crippen molar-refractivity contribution in [2.75, 3.05) is 0 Å². The summed E-state index contributed by atoms with van der Waals surface area (Å²) in [6, 6.07) is 10.1. The third-order valence-electron chi connectivity index (χ3n) is 5.32. The second-order valence-electron chi connectivity index (χ2n) is 7.16. The molecule has 0 radical (unpaired) electrons. The summed E-state index contributed by atoms with van der Waals surface area (Å²) in [4.78, 5) is 32.0. The molecule has 1 aromatic carbocycles. The van der Waals surface area contributed by atoms with E-state index in [1.54, 1.807) is 11.7 Å². The Hall–Kier alpha value is -3.42. The number of imidazole rings is 1. The maximum absolute atomic E-state index is 12.7. The van der Waals surface area contributed by atoms with E-state index in [9.17, 15) is 9.59 Å². The Morgan fingerprint density at radius 1 is 1.10 bits per heavy atom. The molecule has 0 aliphatic carbocycles. The minimum atomic E-state index is -0.486. The zero-order valence-corrected chi connectivity index (χ0v) is 17.1. The van der Waals surface area contributed by atoms with Gasteiger partial charge < -0.3 is 0 Å². The lowest BCUT2D eigenvalue weighted by Gasteiger charge is -2.12. The largest absolute Gasteiger partial charge is 0.329 e. The number of aromatic nitrogens is 6. The number of hydrogen-bond acceptors (Lipinski definition) is 4. The van der Waals surface area contributed by atoms with Gasteiger partial charge in [-0.2, -0.15) is 10.1 Å². The second-order valence-corrected chi connectivity index (χ2v) is 7.16. The molecule has 8 heteroatoms. The Kier molecular flexibility index (Phi) is 4.70. The van der Waals surface area contributed by atoms with E-state index in [-0.39, 0.29) is 0 Å². The second kappa shape index (κ2) is 7.20. The molecule has 8 nitrogen and oxygen atoms in total. The third-order valence-corrected chi connectivity index (χ3v) is 5.32. The molecule has 0 amide bonds. The summed E-state index contributed by atoms with van der Waals surface area (Å²) in [7, 11) is 1.61. The first-order chi connectivity index (χ1) is 13.9. The van der Waals surface area contributed by atoms with Crippen molar-refractivity contribution in [2.24, 2.45) is 7.05 Å². The van der Waals surface area contributed by atoms with Gasteiger partial charge in [-0.25, -0.2) is 9.48 Å². The van der Waals surface area contributed by atoms with Crippen molar-refractivity contribution >= 4 is 11.2 Å². The predicted molar refractivity (Wildman–Crippen MR) is 112 cm³/mol. The molecule has 150 valence electrons. The minimum Gasteiger partial charge on any atom is -0.298 e. The van der Waals surface area contributed by atoms with Gasteiger partial charge in [0.15, 0.2) is 11.2 Å². The molecular formula is C21H24N6O2. The summed E-state index contributed by atoms with van der Waals surface area (Å²) in [5.74, 6) is 0.534. The molecule has 29 heavy (non-hydrogen) atoms. The number of nitrogens with zero attached hydrogens (tertiary/aromatic N) is 5. The molecule has 4 aromatic rings. The van der Waals surface area contributed by atoms with Gasteiger partial charge in [0, 0.05) is 12.7 Å². The van der Waals surface area contributed by atoms with Gasteiger partial charge in [0.2, 0.25) is 5.95 Å². The highest BCUT2D eigenvalue weighted by atomic mass is 16.2. The maximum atomic E-state index is 12.7. The van der Waals surface area contributed by atoms with Gasteiger partial charge in [0.1, 0.15) is 0 Å². The Labute approximate surface area is 167 Å². The van der Waals surface area contributed by atoms with Crippen LogP contribution in [-0.2, 0) is 26.4 Å². The number of nitrogens with one attached hydrogen (secondary N) is 1. The van der Waals surface area contributed by atoms with Crippen molar-refractivity contribution in [3.05, 3.63) is 73.7 Å². The van der Waals surface area contributed by atoms with Crippen LogP contribution in [0.4, 0.5) is 0 Å². The van der Waals surface area contributed by atoms with Crippen LogP contribution in [0.15, 0.2) is 39.9 Å². The smallest absolute Gasteiger partial charge is 0.298 e. The van der Waals surface area contributed by atoms with Gasteiger partial charge in [-0.05, 0) is 37.0 Å². The van der Waals surface area contributed by atoms with Crippen molar-refractivity contribution < 1.29 is 0 Å². The summed E-state index contributed by atoms with van der Waals surface area (Å²) < 4.78 is 5.01. The first-order valence-electron chi connectivity index (χ1n) is 9.76. The molecular weight excluding hydrogens is 368 g/mol. The molecule has 0 saturated heterocycles. The molecule has 0 aliphatic heterocycles. The molecule has 0 unspecified atom stereocenters. The van der Waals surface area contributed by atoms with E-state index in [0.717, 1.165) is 35.4 Å². The van der Waals surface area contributed by atoms with Crippen molar-refractivity contribution in [3.8, 4) is 5.95 Å². The molecule has 3 heterocycles. The number of fused-ring (bicyclic) bond motifs is 1. The molecule has 0 spiro atoms. The average Bonchev–Trinajstić information content (AvgIpc) is 3.29. The monoisotopic (exact) mass is 392 g/mol. The van der Waals surface area contributed by atoms with E-state index >= 15 is 0 Å². The number of aryl methyl sites for hydroxylation is 4. The van der Waals surface area contributed by atoms with Gasteiger partial charge in [-0.15, -0.1) is 0 Å². The Morgan fingerprint density at radius 3 is 2.55 bits per heavy atom. The molecule has 1 N–H and O–H groups in total. The predicted octanol–water partition coefficient (Wildman–Crippen LogP) is 2.09. The van der Waals surface area contributed by atoms with Gasteiger partial charge in [-0.1, -0.05) is 38.1 Å². The highest BCUT2D eigenvalue weighted by Crippen LogP contribution is 2.21. The van der Waals surface area contributed by atoms with Crippen LogP contribution in [0.2, 0.25) is 0 Å². The lowest BCUT2D eigenvalue weighted by atomic mass is 10.1. The van der Waals surface area contributed by atoms with Crippen LogP contribution in [0.1, 0.15) is 36.4 Å². The Morgan fingerprint density at radius 2 is 1.86 bits per heavy atom. The van der Waals surface area contributed by atoms with Crippen LogP contribution >= 0.6 is 0 Å². The van der Waals surface area contributed by atoms with Crippen molar-refractivity contribution in [1.29, 1.82) is 0 Å². The SMILES string of the molecule is CCc1cc(CC)n(-c2nc3c(c(=O)[nH]c(=O)n3C)n2Cc2ccccc2C)n1. The summed E-state index contributed by atoms with van der Waals surface area (Å²) in [6.07, 6.45) is 1.58. The van der Waals surface area contributed by atoms with Crippen LogP contribution in [0.5, 0.6) is 0 Å². The standard InChI is InChI=1S/C21H24N6O2/c1-5-15-11-16(6-2)27(24-15)20-22-18-17(19(28)23-21(29)25(18)4)26(20)12-14-10-8-7-9-13(14)3/h7-11H,5-6,12H2,1-4H3,(H,23,28,29). The zero-order valence-electron chi connectivity index (χ0n) is 17.1. The molecule has 3 aromatic heterocycles. The van der Waals surface area contributed by atoms with E-state index < -0.39 is 11.2 Å². The Balaban J connectivity index is 2.06. The summed E-state index contributed by atoms with van der Waals surface area (Å²) >= 11 is 0.